The molecule has 0 spiro atoms. The molecule has 0 aliphatic heterocycles. The van der Waals surface area contributed by atoms with Gasteiger partial charge in [-0.1, -0.05) is 39.3 Å². The molecule has 0 aromatic heterocycles. The Labute approximate surface area is 145 Å². The van der Waals surface area contributed by atoms with Gasteiger partial charge in [-0.25, -0.2) is 0 Å². The van der Waals surface area contributed by atoms with Gasteiger partial charge in [-0.05, 0) is 61.0 Å². The highest BCUT2D eigenvalue weighted by Crippen LogP contribution is 2.62. The molecule has 0 saturated heterocycles. The van der Waals surface area contributed by atoms with Crippen molar-refractivity contribution in [1.82, 2.24) is 0 Å². The van der Waals surface area contributed by atoms with E-state index >= 15 is 0 Å². The number of hydrogen-bond donors (Lipinski definition) is 0. The minimum absolute atomic E-state index is 0.0484. The third-order valence-electron chi connectivity index (χ3n) is 7.02. The van der Waals surface area contributed by atoms with Crippen LogP contribution in [0.15, 0.2) is 23.3 Å². The third-order valence-corrected chi connectivity index (χ3v) is 7.02. The average molecular weight is 330 g/mol. The molecule has 0 aromatic rings. The first-order valence-electron chi connectivity index (χ1n) is 9.27. The first kappa shape index (κ1) is 17.4. The van der Waals surface area contributed by atoms with Crippen molar-refractivity contribution in [2.45, 2.75) is 59.8 Å². The molecule has 0 unspecified atom stereocenters. The minimum atomic E-state index is -0.408. The molecule has 0 N–H and O–H groups in total. The van der Waals surface area contributed by atoms with Crippen LogP contribution in [0, 0.1) is 28.6 Å². The van der Waals surface area contributed by atoms with Gasteiger partial charge in [0, 0.05) is 5.92 Å². The largest absolute Gasteiger partial charge is 0.469 e. The molecule has 132 valence electrons. The number of carbonyl (C=O) groups is 2. The predicted octanol–water partition coefficient (Wildman–Crippen LogP) is 4.47. The van der Waals surface area contributed by atoms with E-state index in [1.165, 1.54) is 12.7 Å². The molecular weight excluding hydrogens is 300 g/mol. The van der Waals surface area contributed by atoms with Gasteiger partial charge in [0.15, 0.2) is 5.78 Å². The van der Waals surface area contributed by atoms with E-state index in [4.69, 9.17) is 4.74 Å². The summed E-state index contributed by atoms with van der Waals surface area (Å²) in [6.45, 7) is 8.37. The van der Waals surface area contributed by atoms with E-state index in [1.807, 2.05) is 13.8 Å². The number of hydrogen-bond acceptors (Lipinski definition) is 3. The molecule has 1 saturated carbocycles. The Morgan fingerprint density at radius 1 is 1.25 bits per heavy atom. The molecule has 0 bridgehead atoms. The van der Waals surface area contributed by atoms with E-state index < -0.39 is 5.41 Å². The van der Waals surface area contributed by atoms with Crippen LogP contribution >= 0.6 is 0 Å². The van der Waals surface area contributed by atoms with Crippen molar-refractivity contribution >= 4 is 11.8 Å². The highest BCUT2D eigenvalue weighted by molar-refractivity contribution is 5.98. The van der Waals surface area contributed by atoms with Crippen molar-refractivity contribution in [1.29, 1.82) is 0 Å². The maximum Gasteiger partial charge on any atom is 0.311 e. The number of ketones is 1. The zero-order valence-corrected chi connectivity index (χ0v) is 15.6. The fraction of sp³-hybridized carbons (Fsp3) is 0.714. The molecule has 0 aromatic carbocycles. The molecule has 0 amide bonds. The quantitative estimate of drug-likeness (QED) is 0.717. The molecule has 3 aliphatic rings. The van der Waals surface area contributed by atoms with Crippen molar-refractivity contribution in [2.24, 2.45) is 28.6 Å². The van der Waals surface area contributed by atoms with Gasteiger partial charge in [-0.15, -0.1) is 0 Å². The van der Waals surface area contributed by atoms with Crippen LogP contribution in [-0.2, 0) is 14.3 Å². The van der Waals surface area contributed by atoms with Crippen LogP contribution in [0.4, 0.5) is 0 Å². The van der Waals surface area contributed by atoms with Gasteiger partial charge in [0.05, 0.1) is 12.5 Å². The first-order valence-corrected chi connectivity index (χ1v) is 9.27. The van der Waals surface area contributed by atoms with Gasteiger partial charge < -0.3 is 4.74 Å². The van der Waals surface area contributed by atoms with Gasteiger partial charge in [0.25, 0.3) is 0 Å². The van der Waals surface area contributed by atoms with E-state index in [9.17, 15) is 9.59 Å². The molecule has 0 radical (unpaired) electrons. The summed E-state index contributed by atoms with van der Waals surface area (Å²) in [4.78, 5) is 25.0. The van der Waals surface area contributed by atoms with E-state index in [1.54, 1.807) is 0 Å². The number of allylic oxidation sites excluding steroid dienone is 4. The number of Topliss-reactive ketones (excluding diaryl/α,β-unsaturated/α-hetero) is 1. The second-order valence-corrected chi connectivity index (χ2v) is 8.71. The molecule has 0 heterocycles. The summed E-state index contributed by atoms with van der Waals surface area (Å²) in [6.07, 6.45) is 9.25. The SMILES string of the molecule is COC(=O)[C@]1(C)CCC[C@@]2(C)[C@H]1CC=C1C=C(C(=O)C(C)C)C[C@@H]12. The lowest BCUT2D eigenvalue weighted by molar-refractivity contribution is -0.166. The van der Waals surface area contributed by atoms with Crippen molar-refractivity contribution < 1.29 is 14.3 Å². The first-order chi connectivity index (χ1) is 11.2. The summed E-state index contributed by atoms with van der Waals surface area (Å²) in [5, 5.41) is 0. The topological polar surface area (TPSA) is 43.4 Å². The average Bonchev–Trinajstić information content (AvgIpc) is 2.98. The monoisotopic (exact) mass is 330 g/mol. The van der Waals surface area contributed by atoms with Crippen LogP contribution in [0.25, 0.3) is 0 Å². The number of ether oxygens (including phenoxy) is 1. The third kappa shape index (κ3) is 2.39. The molecule has 3 aliphatic carbocycles. The van der Waals surface area contributed by atoms with E-state index in [2.05, 4.69) is 26.0 Å². The normalized spacial score (nSPS) is 38.1. The van der Waals surface area contributed by atoms with Crippen LogP contribution in [0.5, 0.6) is 0 Å². The van der Waals surface area contributed by atoms with Crippen molar-refractivity contribution in [3.63, 3.8) is 0 Å². The van der Waals surface area contributed by atoms with Crippen molar-refractivity contribution in [2.75, 3.05) is 7.11 Å². The van der Waals surface area contributed by atoms with Crippen LogP contribution in [-0.4, -0.2) is 18.9 Å². The van der Waals surface area contributed by atoms with Gasteiger partial charge >= 0.3 is 5.97 Å². The number of rotatable bonds is 3. The fourth-order valence-electron chi connectivity index (χ4n) is 5.65. The lowest BCUT2D eigenvalue weighted by atomic mass is 9.48. The molecule has 4 atom stereocenters. The Hall–Kier alpha value is -1.38. The Bertz CT molecular complexity index is 627. The maximum absolute atomic E-state index is 12.5. The number of esters is 1. The summed E-state index contributed by atoms with van der Waals surface area (Å²) in [6, 6.07) is 0. The zero-order chi connectivity index (χ0) is 17.7. The summed E-state index contributed by atoms with van der Waals surface area (Å²) in [7, 11) is 1.50. The predicted molar refractivity (Wildman–Crippen MR) is 94.3 cm³/mol. The highest BCUT2D eigenvalue weighted by atomic mass is 16.5. The van der Waals surface area contributed by atoms with Gasteiger partial charge in [-0.3, -0.25) is 9.59 Å². The van der Waals surface area contributed by atoms with E-state index in [0.29, 0.717) is 11.8 Å². The minimum Gasteiger partial charge on any atom is -0.469 e. The van der Waals surface area contributed by atoms with Crippen LogP contribution in [0.2, 0.25) is 0 Å². The summed E-state index contributed by atoms with van der Waals surface area (Å²) in [5.41, 5.74) is 1.97. The lowest BCUT2D eigenvalue weighted by Gasteiger charge is -2.55. The van der Waals surface area contributed by atoms with E-state index in [-0.39, 0.29) is 23.1 Å². The standard InChI is InChI=1S/C21H30O3/c1-13(2)18(22)15-11-14-7-8-17-20(3,16(14)12-15)9-6-10-21(17,4)19(23)24-5/h7,11,13,16-17H,6,8-10,12H2,1-5H3/t16-,17+,20+,21+/m0/s1. The van der Waals surface area contributed by atoms with Crippen molar-refractivity contribution in [3.8, 4) is 0 Å². The van der Waals surface area contributed by atoms with Gasteiger partial charge in [-0.2, -0.15) is 0 Å². The number of methoxy groups -OCH3 is 1. The van der Waals surface area contributed by atoms with Gasteiger partial charge in [0.2, 0.25) is 0 Å². The molecular formula is C21H30O3. The Kier molecular flexibility index (Phi) is 4.26. The van der Waals surface area contributed by atoms with E-state index in [0.717, 1.165) is 37.7 Å². The Morgan fingerprint density at radius 3 is 2.58 bits per heavy atom. The Balaban J connectivity index is 1.93. The number of carbonyl (C=O) groups excluding carboxylic acids is 2. The molecule has 3 heteroatoms. The second kappa shape index (κ2) is 5.86. The Morgan fingerprint density at radius 2 is 1.96 bits per heavy atom. The van der Waals surface area contributed by atoms with Crippen LogP contribution < -0.4 is 0 Å². The lowest BCUT2D eigenvalue weighted by Crippen LogP contribution is -2.52. The second-order valence-electron chi connectivity index (χ2n) is 8.71. The van der Waals surface area contributed by atoms with Gasteiger partial charge in [0.1, 0.15) is 0 Å². The fourth-order valence-corrected chi connectivity index (χ4v) is 5.65. The molecule has 3 rings (SSSR count). The highest BCUT2D eigenvalue weighted by Gasteiger charge is 2.58. The molecule has 1 fully saturated rings. The summed E-state index contributed by atoms with van der Waals surface area (Å²) < 4.78 is 5.16. The van der Waals surface area contributed by atoms with Crippen LogP contribution in [0.3, 0.4) is 0 Å². The molecule has 24 heavy (non-hydrogen) atoms. The molecule has 3 nitrogen and oxygen atoms in total. The summed E-state index contributed by atoms with van der Waals surface area (Å²) >= 11 is 0. The smallest absolute Gasteiger partial charge is 0.311 e. The zero-order valence-electron chi connectivity index (χ0n) is 15.6. The number of fused-ring (bicyclic) bond motifs is 3. The summed E-state index contributed by atoms with van der Waals surface area (Å²) in [5.74, 6) is 0.920. The van der Waals surface area contributed by atoms with Crippen molar-refractivity contribution in [3.05, 3.63) is 23.3 Å². The van der Waals surface area contributed by atoms with Crippen LogP contribution in [0.1, 0.15) is 59.8 Å². The maximum atomic E-state index is 12.5.